The van der Waals surface area contributed by atoms with Crippen molar-refractivity contribution in [1.29, 1.82) is 0 Å². The van der Waals surface area contributed by atoms with Gasteiger partial charge in [0.25, 0.3) is 0 Å². The molecule has 0 saturated carbocycles. The van der Waals surface area contributed by atoms with E-state index in [1.807, 2.05) is 32.1 Å². The van der Waals surface area contributed by atoms with Crippen LogP contribution in [0.25, 0.3) is 0 Å². The summed E-state index contributed by atoms with van der Waals surface area (Å²) in [6.45, 7) is 7.47. The van der Waals surface area contributed by atoms with Crippen LogP contribution in [0.15, 0.2) is 24.8 Å². The van der Waals surface area contributed by atoms with Crippen LogP contribution < -0.4 is 5.73 Å². The molecular weight excluding hydrogens is 222 g/mol. The molecule has 0 heterocycles. The lowest BCUT2D eigenvalue weighted by Gasteiger charge is -2.14. The first-order chi connectivity index (χ1) is 7.06. The quantitative estimate of drug-likeness (QED) is 0.794. The van der Waals surface area contributed by atoms with E-state index < -0.39 is 0 Å². The van der Waals surface area contributed by atoms with Crippen molar-refractivity contribution >= 4 is 12.4 Å². The van der Waals surface area contributed by atoms with Gasteiger partial charge in [-0.05, 0) is 43.4 Å². The molecule has 0 radical (unpaired) electrons. The Balaban J connectivity index is 0.00000225. The standard InChI is InChI=1S/C13H19NO.ClH/c1-4-5-6-12(14)11-7-9(2)13(15)10(3)8-11;/h4,7-8,12,15H,1,5-6,14H2,2-3H3;1H/t12-;/m0./s1. The van der Waals surface area contributed by atoms with E-state index in [1.54, 1.807) is 0 Å². The Morgan fingerprint density at radius 2 is 1.88 bits per heavy atom. The van der Waals surface area contributed by atoms with Gasteiger partial charge >= 0.3 is 0 Å². The average Bonchev–Trinajstić information content (AvgIpc) is 2.21. The van der Waals surface area contributed by atoms with E-state index in [0.29, 0.717) is 5.75 Å². The van der Waals surface area contributed by atoms with Crippen molar-refractivity contribution in [3.8, 4) is 5.75 Å². The molecule has 0 aliphatic carbocycles. The van der Waals surface area contributed by atoms with Crippen molar-refractivity contribution in [3.63, 3.8) is 0 Å². The first kappa shape index (κ1) is 15.0. The molecule has 0 saturated heterocycles. The maximum atomic E-state index is 9.63. The van der Waals surface area contributed by atoms with E-state index in [1.165, 1.54) is 0 Å². The van der Waals surface area contributed by atoms with E-state index in [0.717, 1.165) is 29.5 Å². The van der Waals surface area contributed by atoms with Gasteiger partial charge in [-0.1, -0.05) is 18.2 Å². The number of hydrogen-bond acceptors (Lipinski definition) is 2. The molecular formula is C13H20ClNO. The highest BCUT2D eigenvalue weighted by molar-refractivity contribution is 5.85. The topological polar surface area (TPSA) is 46.2 Å². The normalized spacial score (nSPS) is 11.7. The van der Waals surface area contributed by atoms with Gasteiger partial charge in [-0.25, -0.2) is 0 Å². The van der Waals surface area contributed by atoms with E-state index in [4.69, 9.17) is 5.73 Å². The Morgan fingerprint density at radius 3 is 2.31 bits per heavy atom. The van der Waals surface area contributed by atoms with E-state index in [2.05, 4.69) is 6.58 Å². The van der Waals surface area contributed by atoms with Gasteiger partial charge in [-0.2, -0.15) is 0 Å². The van der Waals surface area contributed by atoms with E-state index in [-0.39, 0.29) is 18.4 Å². The molecule has 0 aliphatic rings. The summed E-state index contributed by atoms with van der Waals surface area (Å²) in [7, 11) is 0. The fraction of sp³-hybridized carbons (Fsp3) is 0.385. The molecule has 3 heteroatoms. The van der Waals surface area contributed by atoms with Crippen LogP contribution in [0.3, 0.4) is 0 Å². The highest BCUT2D eigenvalue weighted by Crippen LogP contribution is 2.26. The van der Waals surface area contributed by atoms with Gasteiger partial charge in [0.2, 0.25) is 0 Å². The number of hydrogen-bond donors (Lipinski definition) is 2. The fourth-order valence-corrected chi connectivity index (χ4v) is 1.67. The molecule has 1 aromatic rings. The molecule has 16 heavy (non-hydrogen) atoms. The first-order valence-electron chi connectivity index (χ1n) is 5.23. The number of benzene rings is 1. The Hall–Kier alpha value is -0.990. The third kappa shape index (κ3) is 3.54. The zero-order chi connectivity index (χ0) is 11.4. The van der Waals surface area contributed by atoms with Crippen LogP contribution in [0.4, 0.5) is 0 Å². The molecule has 90 valence electrons. The van der Waals surface area contributed by atoms with Gasteiger partial charge < -0.3 is 10.8 Å². The number of allylic oxidation sites excluding steroid dienone is 1. The smallest absolute Gasteiger partial charge is 0.121 e. The van der Waals surface area contributed by atoms with Crippen LogP contribution in [0.5, 0.6) is 5.75 Å². The lowest BCUT2D eigenvalue weighted by molar-refractivity contribution is 0.466. The second-order valence-corrected chi connectivity index (χ2v) is 3.98. The molecule has 2 nitrogen and oxygen atoms in total. The summed E-state index contributed by atoms with van der Waals surface area (Å²) in [4.78, 5) is 0. The molecule has 3 N–H and O–H groups in total. The summed E-state index contributed by atoms with van der Waals surface area (Å²) in [6, 6.07) is 3.94. The summed E-state index contributed by atoms with van der Waals surface area (Å²) in [5, 5.41) is 9.63. The maximum absolute atomic E-state index is 9.63. The van der Waals surface area contributed by atoms with Crippen molar-refractivity contribution in [2.24, 2.45) is 5.73 Å². The predicted octanol–water partition coefficient (Wildman–Crippen LogP) is 3.40. The van der Waals surface area contributed by atoms with Crippen molar-refractivity contribution in [2.45, 2.75) is 32.7 Å². The zero-order valence-electron chi connectivity index (χ0n) is 9.86. The van der Waals surface area contributed by atoms with Crippen molar-refractivity contribution in [3.05, 3.63) is 41.5 Å². The van der Waals surface area contributed by atoms with Gasteiger partial charge in [0.15, 0.2) is 0 Å². The highest BCUT2D eigenvalue weighted by atomic mass is 35.5. The minimum absolute atomic E-state index is 0. The van der Waals surface area contributed by atoms with Gasteiger partial charge in [0, 0.05) is 6.04 Å². The van der Waals surface area contributed by atoms with Crippen LogP contribution in [0, 0.1) is 13.8 Å². The second kappa shape index (κ2) is 6.56. The molecule has 0 bridgehead atoms. The Kier molecular flexibility index (Phi) is 6.16. The third-order valence-corrected chi connectivity index (χ3v) is 2.62. The SMILES string of the molecule is C=CCC[C@H](N)c1cc(C)c(O)c(C)c1.Cl. The number of phenols is 1. The monoisotopic (exact) mass is 241 g/mol. The molecule has 0 unspecified atom stereocenters. The number of halogens is 1. The van der Waals surface area contributed by atoms with Crippen molar-refractivity contribution in [1.82, 2.24) is 0 Å². The number of aryl methyl sites for hydroxylation is 2. The fourth-order valence-electron chi connectivity index (χ4n) is 1.67. The molecule has 1 rings (SSSR count). The van der Waals surface area contributed by atoms with Crippen LogP contribution >= 0.6 is 12.4 Å². The molecule has 1 aromatic carbocycles. The minimum Gasteiger partial charge on any atom is -0.507 e. The Labute approximate surface area is 104 Å². The second-order valence-electron chi connectivity index (χ2n) is 3.98. The zero-order valence-corrected chi connectivity index (χ0v) is 10.7. The maximum Gasteiger partial charge on any atom is 0.121 e. The van der Waals surface area contributed by atoms with Gasteiger partial charge in [0.05, 0.1) is 0 Å². The number of phenolic OH excluding ortho intramolecular Hbond substituents is 1. The predicted molar refractivity (Wildman–Crippen MR) is 71.2 cm³/mol. The highest BCUT2D eigenvalue weighted by Gasteiger charge is 2.09. The first-order valence-corrected chi connectivity index (χ1v) is 5.23. The van der Waals surface area contributed by atoms with Gasteiger partial charge in [-0.15, -0.1) is 19.0 Å². The Bertz CT molecular complexity index is 340. The summed E-state index contributed by atoms with van der Waals surface area (Å²) in [5.74, 6) is 0.370. The lowest BCUT2D eigenvalue weighted by Crippen LogP contribution is -2.10. The summed E-state index contributed by atoms with van der Waals surface area (Å²) in [6.07, 6.45) is 3.69. The molecule has 0 spiro atoms. The number of aromatic hydroxyl groups is 1. The number of rotatable bonds is 4. The average molecular weight is 242 g/mol. The molecule has 1 atom stereocenters. The summed E-state index contributed by atoms with van der Waals surface area (Å²) >= 11 is 0. The van der Waals surface area contributed by atoms with Crippen LogP contribution in [-0.4, -0.2) is 5.11 Å². The van der Waals surface area contributed by atoms with Gasteiger partial charge in [-0.3, -0.25) is 0 Å². The largest absolute Gasteiger partial charge is 0.507 e. The van der Waals surface area contributed by atoms with Crippen LogP contribution in [0.1, 0.15) is 35.6 Å². The van der Waals surface area contributed by atoms with E-state index in [9.17, 15) is 5.11 Å². The van der Waals surface area contributed by atoms with Gasteiger partial charge in [0.1, 0.15) is 5.75 Å². The summed E-state index contributed by atoms with van der Waals surface area (Å²) < 4.78 is 0. The molecule has 0 fully saturated rings. The molecule has 0 aliphatic heterocycles. The number of nitrogens with two attached hydrogens (primary N) is 1. The lowest BCUT2D eigenvalue weighted by atomic mass is 9.98. The van der Waals surface area contributed by atoms with Crippen LogP contribution in [-0.2, 0) is 0 Å². The van der Waals surface area contributed by atoms with Crippen molar-refractivity contribution in [2.75, 3.05) is 0 Å². The summed E-state index contributed by atoms with van der Waals surface area (Å²) in [5.41, 5.74) is 8.90. The van der Waals surface area contributed by atoms with E-state index >= 15 is 0 Å². The molecule has 0 aromatic heterocycles. The third-order valence-electron chi connectivity index (χ3n) is 2.62. The minimum atomic E-state index is 0. The molecule has 0 amide bonds. The Morgan fingerprint density at radius 1 is 1.38 bits per heavy atom. The van der Waals surface area contributed by atoms with Crippen molar-refractivity contribution < 1.29 is 5.11 Å². The van der Waals surface area contributed by atoms with Crippen LogP contribution in [0.2, 0.25) is 0 Å².